The molecule has 0 unspecified atom stereocenters. The Labute approximate surface area is 226 Å². The van der Waals surface area contributed by atoms with Gasteiger partial charge in [0.2, 0.25) is 5.91 Å². The van der Waals surface area contributed by atoms with Crippen LogP contribution in [-0.2, 0) is 11.8 Å². The number of aromatic carboxylic acids is 1. The van der Waals surface area contributed by atoms with Crippen LogP contribution in [-0.4, -0.2) is 39.2 Å². The molecule has 2 heterocycles. The molecule has 2 aromatic heterocycles. The standard InChI is InChI=1S/C29H34N4O4S/c1-17-4-8-21(9-5-17)28(35)33(16-19-6-7-19)24-15-25(38-26(24)29(36)37)20-10-12-22(13-11-20)30-27(34)23-14-18(2)32(3)31-23/h10-15,17,19,21H,4-9,16H2,1-3H3,(H,30,34)(H,36,37)/t17-,21-. The third-order valence-corrected chi connectivity index (χ3v) is 8.90. The molecule has 2 amide bonds. The van der Waals surface area contributed by atoms with Gasteiger partial charge in [-0.05, 0) is 87.1 Å². The van der Waals surface area contributed by atoms with Crippen molar-refractivity contribution in [3.63, 3.8) is 0 Å². The first-order chi connectivity index (χ1) is 18.2. The summed E-state index contributed by atoms with van der Waals surface area (Å²) in [5.74, 6) is -0.202. The average molecular weight is 535 g/mol. The number of nitrogens with zero attached hydrogens (tertiary/aromatic N) is 3. The SMILES string of the molecule is Cc1cc(C(=O)Nc2ccc(-c3cc(N(CC4CC4)C(=O)[C@H]4CC[C@H](C)CC4)c(C(=O)O)s3)cc2)nn1C. The van der Waals surface area contributed by atoms with Crippen LogP contribution in [0.1, 0.15) is 71.3 Å². The fraction of sp³-hybridized carbons (Fsp3) is 0.448. The molecule has 1 aromatic carbocycles. The third kappa shape index (κ3) is 5.67. The first kappa shape index (κ1) is 26.2. The van der Waals surface area contributed by atoms with Crippen molar-refractivity contribution in [1.29, 1.82) is 0 Å². The van der Waals surface area contributed by atoms with Crippen LogP contribution in [0.2, 0.25) is 0 Å². The highest BCUT2D eigenvalue weighted by molar-refractivity contribution is 7.18. The van der Waals surface area contributed by atoms with Gasteiger partial charge < -0.3 is 15.3 Å². The third-order valence-electron chi connectivity index (χ3n) is 7.74. The molecule has 0 aliphatic heterocycles. The Morgan fingerprint density at radius 2 is 1.76 bits per heavy atom. The molecule has 8 nitrogen and oxygen atoms in total. The number of carboxylic acid groups (broad SMARTS) is 1. The lowest BCUT2D eigenvalue weighted by atomic mass is 9.82. The fourth-order valence-electron chi connectivity index (χ4n) is 5.06. The summed E-state index contributed by atoms with van der Waals surface area (Å²) in [5.41, 5.74) is 3.20. The van der Waals surface area contributed by atoms with Crippen LogP contribution in [0.5, 0.6) is 0 Å². The van der Waals surface area contributed by atoms with Gasteiger partial charge >= 0.3 is 5.97 Å². The molecule has 2 aliphatic carbocycles. The number of rotatable bonds is 8. The van der Waals surface area contributed by atoms with E-state index in [9.17, 15) is 19.5 Å². The number of nitrogens with one attached hydrogen (secondary N) is 1. The highest BCUT2D eigenvalue weighted by Gasteiger charge is 2.35. The van der Waals surface area contributed by atoms with Crippen LogP contribution in [0.25, 0.3) is 10.4 Å². The predicted octanol–water partition coefficient (Wildman–Crippen LogP) is 5.98. The summed E-state index contributed by atoms with van der Waals surface area (Å²) in [6.07, 6.45) is 5.97. The Morgan fingerprint density at radius 1 is 1.08 bits per heavy atom. The highest BCUT2D eigenvalue weighted by atomic mass is 32.1. The number of carbonyl (C=O) groups is 3. The number of hydrogen-bond acceptors (Lipinski definition) is 5. The zero-order chi connectivity index (χ0) is 27.0. The van der Waals surface area contributed by atoms with Crippen LogP contribution >= 0.6 is 11.3 Å². The van der Waals surface area contributed by atoms with Crippen LogP contribution in [0.4, 0.5) is 11.4 Å². The molecule has 9 heteroatoms. The Balaban J connectivity index is 1.38. The number of hydrogen-bond donors (Lipinski definition) is 2. The van der Waals surface area contributed by atoms with Crippen molar-refractivity contribution in [2.24, 2.45) is 24.8 Å². The van der Waals surface area contributed by atoms with E-state index >= 15 is 0 Å². The fourth-order valence-corrected chi connectivity index (χ4v) is 6.06. The van der Waals surface area contributed by atoms with Gasteiger partial charge in [-0.3, -0.25) is 14.3 Å². The van der Waals surface area contributed by atoms with E-state index in [0.29, 0.717) is 35.4 Å². The molecule has 0 spiro atoms. The first-order valence-electron chi connectivity index (χ1n) is 13.3. The zero-order valence-corrected chi connectivity index (χ0v) is 22.9. The van der Waals surface area contributed by atoms with Gasteiger partial charge in [-0.15, -0.1) is 11.3 Å². The van der Waals surface area contributed by atoms with E-state index in [0.717, 1.165) is 54.7 Å². The Hall–Kier alpha value is -3.46. The van der Waals surface area contributed by atoms with E-state index in [-0.39, 0.29) is 22.6 Å². The number of benzene rings is 1. The summed E-state index contributed by atoms with van der Waals surface area (Å²) in [6, 6.07) is 10.9. The molecule has 38 heavy (non-hydrogen) atoms. The van der Waals surface area contributed by atoms with Gasteiger partial charge in [0.05, 0.1) is 5.69 Å². The van der Waals surface area contributed by atoms with Crippen LogP contribution in [0.15, 0.2) is 36.4 Å². The maximum atomic E-state index is 13.7. The molecule has 2 N–H and O–H groups in total. The smallest absolute Gasteiger partial charge is 0.348 e. The summed E-state index contributed by atoms with van der Waals surface area (Å²) >= 11 is 1.19. The second-order valence-electron chi connectivity index (χ2n) is 10.8. The van der Waals surface area contributed by atoms with Crippen molar-refractivity contribution in [2.45, 2.75) is 52.4 Å². The van der Waals surface area contributed by atoms with E-state index in [1.54, 1.807) is 34.8 Å². The van der Waals surface area contributed by atoms with Crippen molar-refractivity contribution < 1.29 is 19.5 Å². The topological polar surface area (TPSA) is 105 Å². The van der Waals surface area contributed by atoms with E-state index in [1.165, 1.54) is 11.3 Å². The molecule has 0 atom stereocenters. The van der Waals surface area contributed by atoms with Gasteiger partial charge in [0.15, 0.2) is 5.69 Å². The van der Waals surface area contributed by atoms with E-state index in [2.05, 4.69) is 17.3 Å². The maximum Gasteiger partial charge on any atom is 0.348 e. The molecule has 2 saturated carbocycles. The number of aryl methyl sites for hydroxylation is 2. The minimum absolute atomic E-state index is 0.0410. The number of anilines is 2. The van der Waals surface area contributed by atoms with Gasteiger partial charge in [-0.2, -0.15) is 5.10 Å². The molecule has 2 fully saturated rings. The number of thiophene rings is 1. The Morgan fingerprint density at radius 3 is 2.34 bits per heavy atom. The van der Waals surface area contributed by atoms with Crippen molar-refractivity contribution >= 4 is 40.5 Å². The lowest BCUT2D eigenvalue weighted by Gasteiger charge is -2.31. The summed E-state index contributed by atoms with van der Waals surface area (Å²) in [6.45, 7) is 4.69. The molecule has 3 aromatic rings. The predicted molar refractivity (Wildman–Crippen MR) is 149 cm³/mol. The maximum absolute atomic E-state index is 13.7. The Bertz CT molecular complexity index is 1330. The molecule has 5 rings (SSSR count). The molecule has 0 bridgehead atoms. The largest absolute Gasteiger partial charge is 0.477 e. The molecular formula is C29H34N4O4S. The second kappa shape index (κ2) is 10.7. The van der Waals surface area contributed by atoms with Crippen LogP contribution < -0.4 is 10.2 Å². The minimum atomic E-state index is -1.02. The molecule has 200 valence electrons. The van der Waals surface area contributed by atoms with Crippen molar-refractivity contribution in [2.75, 3.05) is 16.8 Å². The lowest BCUT2D eigenvalue weighted by molar-refractivity contribution is -0.123. The first-order valence-corrected chi connectivity index (χ1v) is 14.1. The van der Waals surface area contributed by atoms with Crippen LogP contribution in [0.3, 0.4) is 0 Å². The number of carboxylic acids is 1. The molecular weight excluding hydrogens is 500 g/mol. The summed E-state index contributed by atoms with van der Waals surface area (Å²) in [7, 11) is 1.79. The van der Waals surface area contributed by atoms with Crippen molar-refractivity contribution in [1.82, 2.24) is 9.78 Å². The van der Waals surface area contributed by atoms with E-state index in [4.69, 9.17) is 0 Å². The zero-order valence-electron chi connectivity index (χ0n) is 22.1. The van der Waals surface area contributed by atoms with Gasteiger partial charge in [-0.1, -0.05) is 19.1 Å². The number of amides is 2. The van der Waals surface area contributed by atoms with Gasteiger partial charge in [0.25, 0.3) is 5.91 Å². The van der Waals surface area contributed by atoms with Crippen LogP contribution in [0, 0.1) is 24.7 Å². The highest BCUT2D eigenvalue weighted by Crippen LogP contribution is 2.41. The monoisotopic (exact) mass is 534 g/mol. The molecule has 0 saturated heterocycles. The van der Waals surface area contributed by atoms with Gasteiger partial charge in [0, 0.05) is 35.8 Å². The van der Waals surface area contributed by atoms with E-state index in [1.807, 2.05) is 25.1 Å². The quantitative estimate of drug-likeness (QED) is 0.370. The van der Waals surface area contributed by atoms with E-state index < -0.39 is 5.97 Å². The van der Waals surface area contributed by atoms with Crippen molar-refractivity contribution in [3.05, 3.63) is 52.7 Å². The normalized spacial score (nSPS) is 19.2. The second-order valence-corrected chi connectivity index (χ2v) is 11.9. The number of carbonyl (C=O) groups excluding carboxylic acids is 2. The molecule has 2 aliphatic rings. The number of aromatic nitrogens is 2. The summed E-state index contributed by atoms with van der Waals surface area (Å²) in [5, 5.41) is 17.1. The minimum Gasteiger partial charge on any atom is -0.477 e. The van der Waals surface area contributed by atoms with Gasteiger partial charge in [-0.25, -0.2) is 4.79 Å². The van der Waals surface area contributed by atoms with Crippen molar-refractivity contribution in [3.8, 4) is 10.4 Å². The van der Waals surface area contributed by atoms with Gasteiger partial charge in [0.1, 0.15) is 4.88 Å². The average Bonchev–Trinajstić information content (AvgIpc) is 3.51. The molecule has 0 radical (unpaired) electrons. The summed E-state index contributed by atoms with van der Waals surface area (Å²) in [4.78, 5) is 41.2. The summed E-state index contributed by atoms with van der Waals surface area (Å²) < 4.78 is 1.65. The Kier molecular flexibility index (Phi) is 7.38. The lowest BCUT2D eigenvalue weighted by Crippen LogP contribution is -2.39.